The van der Waals surface area contributed by atoms with Crippen molar-refractivity contribution < 1.29 is 0 Å². The minimum absolute atomic E-state index is 0.635. The first-order valence-corrected chi connectivity index (χ1v) is 5.09. The molecule has 2 heterocycles. The van der Waals surface area contributed by atoms with Crippen molar-refractivity contribution >= 4 is 16.5 Å². The molecule has 1 N–H and O–H groups in total. The molecule has 0 radical (unpaired) electrons. The molecule has 3 nitrogen and oxygen atoms in total. The molecular formula is C8H13N3S. The van der Waals surface area contributed by atoms with Crippen LogP contribution in [0.1, 0.15) is 6.42 Å². The Hall–Kier alpha value is -0.610. The van der Waals surface area contributed by atoms with E-state index < -0.39 is 0 Å². The summed E-state index contributed by atoms with van der Waals surface area (Å²) in [5.41, 5.74) is 0. The van der Waals surface area contributed by atoms with Gasteiger partial charge >= 0.3 is 0 Å². The third-order valence-electron chi connectivity index (χ3n) is 2.30. The van der Waals surface area contributed by atoms with Crippen molar-refractivity contribution in [2.75, 3.05) is 25.0 Å². The highest BCUT2D eigenvalue weighted by molar-refractivity contribution is 7.13. The van der Waals surface area contributed by atoms with Crippen molar-refractivity contribution in [3.8, 4) is 0 Å². The summed E-state index contributed by atoms with van der Waals surface area (Å²) in [6, 6.07) is 0.635. The maximum absolute atomic E-state index is 4.28. The number of thiazole rings is 1. The van der Waals surface area contributed by atoms with Gasteiger partial charge in [-0.15, -0.1) is 11.3 Å². The minimum Gasteiger partial charge on any atom is -0.347 e. The molecule has 0 amide bonds. The van der Waals surface area contributed by atoms with E-state index in [-0.39, 0.29) is 0 Å². The summed E-state index contributed by atoms with van der Waals surface area (Å²) in [5.74, 6) is 0. The van der Waals surface area contributed by atoms with Gasteiger partial charge < -0.3 is 10.2 Å². The van der Waals surface area contributed by atoms with E-state index in [0.29, 0.717) is 6.04 Å². The van der Waals surface area contributed by atoms with Gasteiger partial charge in [-0.2, -0.15) is 0 Å². The summed E-state index contributed by atoms with van der Waals surface area (Å²) in [7, 11) is 2.12. The quantitative estimate of drug-likeness (QED) is 0.739. The van der Waals surface area contributed by atoms with Gasteiger partial charge in [0.25, 0.3) is 0 Å². The lowest BCUT2D eigenvalue weighted by atomic mass is 10.2. The Morgan fingerprint density at radius 3 is 3.25 bits per heavy atom. The molecule has 4 heteroatoms. The Bertz CT molecular complexity index is 228. The van der Waals surface area contributed by atoms with Gasteiger partial charge in [-0.05, 0) is 13.0 Å². The van der Waals surface area contributed by atoms with Gasteiger partial charge in [0.05, 0.1) is 0 Å². The molecule has 0 aliphatic carbocycles. The molecule has 1 aromatic heterocycles. The topological polar surface area (TPSA) is 28.2 Å². The predicted octanol–water partition coefficient (Wildman–Crippen LogP) is 0.941. The van der Waals surface area contributed by atoms with Gasteiger partial charge in [0.1, 0.15) is 0 Å². The van der Waals surface area contributed by atoms with E-state index in [1.165, 1.54) is 6.42 Å². The molecule has 1 atom stereocenters. The maximum Gasteiger partial charge on any atom is 0.185 e. The number of likely N-dealkylation sites (N-methyl/N-ethyl adjacent to an activating group) is 1. The van der Waals surface area contributed by atoms with Crippen molar-refractivity contribution in [1.82, 2.24) is 10.3 Å². The number of hydrogen-bond acceptors (Lipinski definition) is 4. The van der Waals surface area contributed by atoms with Crippen LogP contribution < -0.4 is 10.2 Å². The molecular weight excluding hydrogens is 170 g/mol. The molecule has 0 aromatic carbocycles. The molecule has 1 saturated heterocycles. The van der Waals surface area contributed by atoms with Crippen molar-refractivity contribution in [1.29, 1.82) is 0 Å². The van der Waals surface area contributed by atoms with Gasteiger partial charge in [-0.25, -0.2) is 4.98 Å². The first kappa shape index (κ1) is 8.01. The lowest BCUT2D eigenvalue weighted by Crippen LogP contribution is -2.33. The van der Waals surface area contributed by atoms with Crippen LogP contribution in [0.4, 0.5) is 5.13 Å². The van der Waals surface area contributed by atoms with Crippen LogP contribution in [0.3, 0.4) is 0 Å². The van der Waals surface area contributed by atoms with Crippen LogP contribution in [-0.4, -0.2) is 31.2 Å². The van der Waals surface area contributed by atoms with Crippen molar-refractivity contribution in [2.45, 2.75) is 12.5 Å². The molecule has 12 heavy (non-hydrogen) atoms. The Morgan fingerprint density at radius 1 is 1.75 bits per heavy atom. The van der Waals surface area contributed by atoms with E-state index in [1.54, 1.807) is 11.3 Å². The van der Waals surface area contributed by atoms with Crippen LogP contribution in [0.5, 0.6) is 0 Å². The second-order valence-electron chi connectivity index (χ2n) is 3.07. The number of nitrogens with one attached hydrogen (secondary N) is 1. The molecule has 1 aromatic rings. The predicted molar refractivity (Wildman–Crippen MR) is 51.8 cm³/mol. The summed E-state index contributed by atoms with van der Waals surface area (Å²) in [4.78, 5) is 6.55. The zero-order chi connectivity index (χ0) is 8.39. The van der Waals surface area contributed by atoms with Crippen LogP contribution in [-0.2, 0) is 0 Å². The van der Waals surface area contributed by atoms with Gasteiger partial charge in [-0.1, -0.05) is 0 Å². The van der Waals surface area contributed by atoms with E-state index in [1.807, 2.05) is 11.6 Å². The van der Waals surface area contributed by atoms with Crippen LogP contribution in [0.25, 0.3) is 0 Å². The van der Waals surface area contributed by atoms with Crippen molar-refractivity contribution in [3.63, 3.8) is 0 Å². The lowest BCUT2D eigenvalue weighted by molar-refractivity contribution is 0.684. The monoisotopic (exact) mass is 183 g/mol. The summed E-state index contributed by atoms with van der Waals surface area (Å²) >= 11 is 1.70. The molecule has 1 aliphatic rings. The van der Waals surface area contributed by atoms with Crippen LogP contribution in [0, 0.1) is 0 Å². The minimum atomic E-state index is 0.635. The standard InChI is InChI=1S/C8H13N3S/c1-11(7-2-3-9-6-7)8-10-4-5-12-8/h4-5,7,9H,2-3,6H2,1H3/t7-/m0/s1. The fourth-order valence-corrected chi connectivity index (χ4v) is 2.20. The molecule has 66 valence electrons. The average molecular weight is 183 g/mol. The van der Waals surface area contributed by atoms with Crippen LogP contribution in [0.2, 0.25) is 0 Å². The molecule has 1 fully saturated rings. The molecule has 0 bridgehead atoms. The highest BCUT2D eigenvalue weighted by Crippen LogP contribution is 2.20. The molecule has 1 aliphatic heterocycles. The highest BCUT2D eigenvalue weighted by Gasteiger charge is 2.20. The van der Waals surface area contributed by atoms with Gasteiger partial charge in [0.15, 0.2) is 5.13 Å². The van der Waals surface area contributed by atoms with Crippen molar-refractivity contribution in [3.05, 3.63) is 11.6 Å². The Balaban J connectivity index is 2.04. The number of aromatic nitrogens is 1. The molecule has 0 unspecified atom stereocenters. The van der Waals surface area contributed by atoms with Gasteiger partial charge in [0, 0.05) is 31.2 Å². The Morgan fingerprint density at radius 2 is 2.67 bits per heavy atom. The fraction of sp³-hybridized carbons (Fsp3) is 0.625. The summed E-state index contributed by atoms with van der Waals surface area (Å²) in [6.07, 6.45) is 3.09. The molecule has 0 saturated carbocycles. The highest BCUT2D eigenvalue weighted by atomic mass is 32.1. The van der Waals surface area contributed by atoms with Gasteiger partial charge in [-0.3, -0.25) is 0 Å². The third kappa shape index (κ3) is 1.44. The average Bonchev–Trinajstić information content (AvgIpc) is 2.77. The second-order valence-corrected chi connectivity index (χ2v) is 3.95. The summed E-state index contributed by atoms with van der Waals surface area (Å²) in [6.45, 7) is 2.23. The van der Waals surface area contributed by atoms with E-state index in [9.17, 15) is 0 Å². The largest absolute Gasteiger partial charge is 0.347 e. The SMILES string of the molecule is CN(c1nccs1)[C@H]1CCNC1. The number of anilines is 1. The fourth-order valence-electron chi connectivity index (χ4n) is 1.52. The summed E-state index contributed by atoms with van der Waals surface area (Å²) < 4.78 is 0. The zero-order valence-electron chi connectivity index (χ0n) is 7.16. The first-order valence-electron chi connectivity index (χ1n) is 4.21. The Kier molecular flexibility index (Phi) is 2.28. The van der Waals surface area contributed by atoms with Crippen LogP contribution in [0.15, 0.2) is 11.6 Å². The number of rotatable bonds is 2. The summed E-state index contributed by atoms with van der Waals surface area (Å²) in [5, 5.41) is 6.50. The molecule has 2 rings (SSSR count). The normalized spacial score (nSPS) is 22.9. The molecule has 0 spiro atoms. The maximum atomic E-state index is 4.28. The van der Waals surface area contributed by atoms with E-state index in [4.69, 9.17) is 0 Å². The Labute approximate surface area is 76.4 Å². The van der Waals surface area contributed by atoms with Gasteiger partial charge in [0.2, 0.25) is 0 Å². The van der Waals surface area contributed by atoms with E-state index in [2.05, 4.69) is 22.2 Å². The smallest absolute Gasteiger partial charge is 0.185 e. The van der Waals surface area contributed by atoms with Crippen LogP contribution >= 0.6 is 11.3 Å². The zero-order valence-corrected chi connectivity index (χ0v) is 7.97. The first-order chi connectivity index (χ1) is 5.88. The number of nitrogens with zero attached hydrogens (tertiary/aromatic N) is 2. The number of hydrogen-bond donors (Lipinski definition) is 1. The van der Waals surface area contributed by atoms with E-state index in [0.717, 1.165) is 18.2 Å². The lowest BCUT2D eigenvalue weighted by Gasteiger charge is -2.22. The van der Waals surface area contributed by atoms with Crippen molar-refractivity contribution in [2.24, 2.45) is 0 Å². The second kappa shape index (κ2) is 3.41. The van der Waals surface area contributed by atoms with E-state index >= 15 is 0 Å². The third-order valence-corrected chi connectivity index (χ3v) is 3.17.